The van der Waals surface area contributed by atoms with Crippen molar-refractivity contribution >= 4 is 11.7 Å². The molecular weight excluding hydrogens is 342 g/mol. The van der Waals surface area contributed by atoms with E-state index in [1.807, 2.05) is 13.8 Å². The first-order valence-corrected chi connectivity index (χ1v) is 8.51. The van der Waals surface area contributed by atoms with E-state index in [1.165, 1.54) is 0 Å². The minimum atomic E-state index is -0.848. The minimum Gasteiger partial charge on any atom is -0.481 e. The van der Waals surface area contributed by atoms with Crippen LogP contribution in [0.5, 0.6) is 5.75 Å². The summed E-state index contributed by atoms with van der Waals surface area (Å²) in [5.74, 6) is -2.07. The second-order valence-electron chi connectivity index (χ2n) is 7.78. The molecule has 0 aromatic heterocycles. The van der Waals surface area contributed by atoms with Gasteiger partial charge in [-0.15, -0.1) is 0 Å². The summed E-state index contributed by atoms with van der Waals surface area (Å²) in [6.45, 7) is 4.35. The molecule has 2 N–H and O–H groups in total. The number of Topliss-reactive ketones (excluding diaryl/α,β-unsaturated/α-hetero) is 1. The predicted molar refractivity (Wildman–Crippen MR) is 91.2 cm³/mol. The smallest absolute Gasteiger partial charge is 0.260 e. The number of carbonyl (C=O) groups is 2. The topological polar surface area (TPSA) is 72.6 Å². The fourth-order valence-electron chi connectivity index (χ4n) is 3.99. The molecule has 5 nitrogen and oxygen atoms in total. The molecule has 1 fully saturated rings. The fraction of sp³-hybridized carbons (Fsp3) is 0.474. The fourth-order valence-corrected chi connectivity index (χ4v) is 3.99. The van der Waals surface area contributed by atoms with E-state index >= 15 is 0 Å². The number of nitrogens with zero attached hydrogens (tertiary/aromatic N) is 1. The number of ketones is 1. The Labute approximate surface area is 150 Å². The largest absolute Gasteiger partial charge is 0.481 e. The van der Waals surface area contributed by atoms with Crippen molar-refractivity contribution in [2.75, 3.05) is 19.7 Å². The maximum atomic E-state index is 13.6. The molecule has 0 unspecified atom stereocenters. The number of hydrogen-bond acceptors (Lipinski definition) is 4. The van der Waals surface area contributed by atoms with Crippen LogP contribution >= 0.6 is 0 Å². The molecule has 140 valence electrons. The number of halogens is 2. The zero-order valence-corrected chi connectivity index (χ0v) is 14.9. The molecule has 1 aliphatic carbocycles. The van der Waals surface area contributed by atoms with Crippen LogP contribution < -0.4 is 10.5 Å². The van der Waals surface area contributed by atoms with Gasteiger partial charge in [0.2, 0.25) is 0 Å². The van der Waals surface area contributed by atoms with Gasteiger partial charge in [-0.1, -0.05) is 13.8 Å². The summed E-state index contributed by atoms with van der Waals surface area (Å²) >= 11 is 0. The van der Waals surface area contributed by atoms with Crippen LogP contribution in [0.1, 0.15) is 26.7 Å². The lowest BCUT2D eigenvalue weighted by atomic mass is 9.65. The van der Waals surface area contributed by atoms with Crippen molar-refractivity contribution in [3.05, 3.63) is 41.6 Å². The van der Waals surface area contributed by atoms with Crippen molar-refractivity contribution in [2.24, 2.45) is 16.6 Å². The van der Waals surface area contributed by atoms with E-state index in [0.29, 0.717) is 32.0 Å². The van der Waals surface area contributed by atoms with Crippen LogP contribution in [-0.4, -0.2) is 36.3 Å². The number of amides is 1. The summed E-state index contributed by atoms with van der Waals surface area (Å²) in [6.07, 6.45) is 3.12. The van der Waals surface area contributed by atoms with Gasteiger partial charge in [-0.05, 0) is 31.1 Å². The second-order valence-corrected chi connectivity index (χ2v) is 7.78. The van der Waals surface area contributed by atoms with E-state index in [9.17, 15) is 18.4 Å². The molecule has 0 bridgehead atoms. The molecule has 1 heterocycles. The van der Waals surface area contributed by atoms with E-state index in [0.717, 1.165) is 12.1 Å². The van der Waals surface area contributed by atoms with Crippen molar-refractivity contribution < 1.29 is 23.1 Å². The van der Waals surface area contributed by atoms with Crippen molar-refractivity contribution in [3.8, 4) is 5.75 Å². The third kappa shape index (κ3) is 3.43. The Hall–Kier alpha value is -2.44. The normalized spacial score (nSPS) is 24.7. The molecule has 1 aromatic rings. The van der Waals surface area contributed by atoms with Gasteiger partial charge in [0.15, 0.2) is 24.0 Å². The molecule has 0 saturated carbocycles. The van der Waals surface area contributed by atoms with Gasteiger partial charge in [0.1, 0.15) is 5.82 Å². The highest BCUT2D eigenvalue weighted by molar-refractivity contribution is 5.99. The Morgan fingerprint density at radius 2 is 2.08 bits per heavy atom. The summed E-state index contributed by atoms with van der Waals surface area (Å²) in [7, 11) is 0. The van der Waals surface area contributed by atoms with Crippen molar-refractivity contribution in [1.29, 1.82) is 0 Å². The Morgan fingerprint density at radius 3 is 2.73 bits per heavy atom. The van der Waals surface area contributed by atoms with Gasteiger partial charge in [0, 0.05) is 30.0 Å². The molecule has 0 radical (unpaired) electrons. The molecule has 2 aliphatic rings. The quantitative estimate of drug-likeness (QED) is 0.894. The van der Waals surface area contributed by atoms with Crippen LogP contribution in [0.4, 0.5) is 8.78 Å². The SMILES string of the molecule is CC1(C)C[C@]2(C=C(N)C1=O)CCN(C(=O)COc1ccc(F)cc1F)C2. The molecule has 1 atom stereocenters. The molecule has 1 spiro atoms. The Bertz CT molecular complexity index is 791. The third-order valence-electron chi connectivity index (χ3n) is 5.12. The van der Waals surface area contributed by atoms with E-state index in [2.05, 4.69) is 0 Å². The molecule has 3 rings (SSSR count). The lowest BCUT2D eigenvalue weighted by Crippen LogP contribution is -2.43. The highest BCUT2D eigenvalue weighted by atomic mass is 19.1. The molecule has 1 aliphatic heterocycles. The highest BCUT2D eigenvalue weighted by Gasteiger charge is 2.48. The van der Waals surface area contributed by atoms with Crippen LogP contribution in [0.25, 0.3) is 0 Å². The monoisotopic (exact) mass is 364 g/mol. The van der Waals surface area contributed by atoms with Crippen molar-refractivity contribution in [2.45, 2.75) is 26.7 Å². The lowest BCUT2D eigenvalue weighted by molar-refractivity contribution is -0.132. The lowest BCUT2D eigenvalue weighted by Gasteiger charge is -2.39. The highest BCUT2D eigenvalue weighted by Crippen LogP contribution is 2.47. The average molecular weight is 364 g/mol. The number of ether oxygens (including phenoxy) is 1. The van der Waals surface area contributed by atoms with E-state index < -0.39 is 17.0 Å². The predicted octanol–water partition coefficient (Wildman–Crippen LogP) is 2.40. The van der Waals surface area contributed by atoms with Gasteiger partial charge in [-0.2, -0.15) is 0 Å². The molecule has 1 amide bonds. The van der Waals surface area contributed by atoms with Gasteiger partial charge >= 0.3 is 0 Å². The Morgan fingerprint density at radius 1 is 1.35 bits per heavy atom. The molecule has 1 aromatic carbocycles. The minimum absolute atomic E-state index is 0.0666. The number of hydrogen-bond donors (Lipinski definition) is 1. The number of nitrogens with two attached hydrogens (primary N) is 1. The molecule has 26 heavy (non-hydrogen) atoms. The van der Waals surface area contributed by atoms with E-state index in [1.54, 1.807) is 11.0 Å². The summed E-state index contributed by atoms with van der Waals surface area (Å²) in [4.78, 5) is 26.2. The number of carbonyl (C=O) groups excluding carboxylic acids is 2. The van der Waals surface area contributed by atoms with Crippen LogP contribution in [0.2, 0.25) is 0 Å². The first-order valence-electron chi connectivity index (χ1n) is 8.51. The molecular formula is C19H22F2N2O3. The number of benzene rings is 1. The van der Waals surface area contributed by atoms with Gasteiger partial charge in [-0.3, -0.25) is 9.59 Å². The second kappa shape index (κ2) is 6.37. The van der Waals surface area contributed by atoms with E-state index in [4.69, 9.17) is 10.5 Å². The van der Waals surface area contributed by atoms with E-state index in [-0.39, 0.29) is 35.2 Å². The van der Waals surface area contributed by atoms with Crippen molar-refractivity contribution in [3.63, 3.8) is 0 Å². The van der Waals surface area contributed by atoms with Gasteiger partial charge in [0.25, 0.3) is 5.91 Å². The summed E-state index contributed by atoms with van der Waals surface area (Å²) in [5.41, 5.74) is 5.27. The first kappa shape index (κ1) is 18.4. The summed E-state index contributed by atoms with van der Waals surface area (Å²) in [5, 5.41) is 0. The first-order chi connectivity index (χ1) is 12.1. The summed E-state index contributed by atoms with van der Waals surface area (Å²) in [6, 6.07) is 2.93. The Kier molecular flexibility index (Phi) is 4.50. The van der Waals surface area contributed by atoms with Crippen LogP contribution in [-0.2, 0) is 9.59 Å². The van der Waals surface area contributed by atoms with Gasteiger partial charge in [-0.25, -0.2) is 8.78 Å². The third-order valence-corrected chi connectivity index (χ3v) is 5.12. The number of likely N-dealkylation sites (tertiary alicyclic amines) is 1. The Balaban J connectivity index is 1.65. The maximum absolute atomic E-state index is 13.6. The zero-order chi connectivity index (χ0) is 19.1. The van der Waals surface area contributed by atoms with Crippen molar-refractivity contribution in [1.82, 2.24) is 4.90 Å². The van der Waals surface area contributed by atoms with Crippen LogP contribution in [0.3, 0.4) is 0 Å². The molecule has 7 heteroatoms. The van der Waals surface area contributed by atoms with Gasteiger partial charge < -0.3 is 15.4 Å². The standard InChI is InChI=1S/C19H22F2N2O3/c1-18(2)10-19(8-14(22)17(18)25)5-6-23(11-19)16(24)9-26-15-4-3-12(20)7-13(15)21/h3-4,7-8H,5-6,9-11,22H2,1-2H3/t19-/m1/s1. The number of rotatable bonds is 3. The summed E-state index contributed by atoms with van der Waals surface area (Å²) < 4.78 is 31.7. The van der Waals surface area contributed by atoms with Crippen LogP contribution in [0.15, 0.2) is 30.0 Å². The van der Waals surface area contributed by atoms with Gasteiger partial charge in [0.05, 0.1) is 5.70 Å². The average Bonchev–Trinajstić information content (AvgIpc) is 2.94. The maximum Gasteiger partial charge on any atom is 0.260 e. The van der Waals surface area contributed by atoms with Crippen LogP contribution in [0, 0.1) is 22.5 Å². The molecule has 1 saturated heterocycles. The zero-order valence-electron chi connectivity index (χ0n) is 14.9. The number of allylic oxidation sites excluding steroid dienone is 1.